The number of likely N-dealkylation sites (tertiary alicyclic amines) is 1. The van der Waals surface area contributed by atoms with Crippen LogP contribution in [0.5, 0.6) is 0 Å². The van der Waals surface area contributed by atoms with Gasteiger partial charge in [0.2, 0.25) is 0 Å². The molecule has 17 heavy (non-hydrogen) atoms. The van der Waals surface area contributed by atoms with Gasteiger partial charge in [0.25, 0.3) is 0 Å². The largest absolute Gasteiger partial charge is 0.464 e. The molecule has 0 saturated carbocycles. The monoisotopic (exact) mass is 230 g/mol. The van der Waals surface area contributed by atoms with E-state index in [-0.39, 0.29) is 0 Å². The lowest BCUT2D eigenvalue weighted by Gasteiger charge is -2.25. The molecule has 3 rings (SSSR count). The molecule has 1 atom stereocenters. The maximum absolute atomic E-state index is 5.95. The molecule has 3 heteroatoms. The van der Waals surface area contributed by atoms with Crippen molar-refractivity contribution in [2.75, 3.05) is 19.6 Å². The highest BCUT2D eigenvalue weighted by Crippen LogP contribution is 2.31. The van der Waals surface area contributed by atoms with Gasteiger partial charge in [-0.3, -0.25) is 4.90 Å². The second-order valence-corrected chi connectivity index (χ2v) is 4.68. The fourth-order valence-electron chi connectivity index (χ4n) is 2.78. The molecule has 0 amide bonds. The van der Waals surface area contributed by atoms with E-state index in [1.807, 2.05) is 18.4 Å². The van der Waals surface area contributed by atoms with E-state index in [9.17, 15) is 0 Å². The Labute approximate surface area is 101 Å². The first-order valence-corrected chi connectivity index (χ1v) is 6.30. The number of para-hydroxylation sites is 1. The lowest BCUT2D eigenvalue weighted by molar-refractivity contribution is 0.251. The van der Waals surface area contributed by atoms with Gasteiger partial charge in [0.1, 0.15) is 5.58 Å². The number of rotatable bonds is 3. The van der Waals surface area contributed by atoms with E-state index in [2.05, 4.69) is 17.0 Å². The van der Waals surface area contributed by atoms with Gasteiger partial charge in [0, 0.05) is 17.5 Å². The summed E-state index contributed by atoms with van der Waals surface area (Å²) >= 11 is 0. The molecule has 0 bridgehead atoms. The summed E-state index contributed by atoms with van der Waals surface area (Å²) in [5.74, 6) is 0. The number of fused-ring (bicyclic) bond motifs is 1. The van der Waals surface area contributed by atoms with E-state index in [0.717, 1.165) is 18.7 Å². The van der Waals surface area contributed by atoms with Crippen LogP contribution in [0.3, 0.4) is 0 Å². The summed E-state index contributed by atoms with van der Waals surface area (Å²) < 4.78 is 5.61. The maximum Gasteiger partial charge on any atom is 0.134 e. The number of hydrogen-bond acceptors (Lipinski definition) is 3. The van der Waals surface area contributed by atoms with Gasteiger partial charge in [-0.05, 0) is 32.0 Å². The lowest BCUT2D eigenvalue weighted by Crippen LogP contribution is -2.31. The van der Waals surface area contributed by atoms with Gasteiger partial charge < -0.3 is 10.2 Å². The Bertz CT molecular complexity index is 500. The zero-order valence-corrected chi connectivity index (χ0v) is 9.93. The van der Waals surface area contributed by atoms with Crippen LogP contribution in [0.15, 0.2) is 34.9 Å². The van der Waals surface area contributed by atoms with Crippen LogP contribution in [-0.2, 0) is 0 Å². The van der Waals surface area contributed by atoms with Crippen LogP contribution in [0.4, 0.5) is 0 Å². The van der Waals surface area contributed by atoms with E-state index in [0.29, 0.717) is 12.6 Å². The highest BCUT2D eigenvalue weighted by molar-refractivity contribution is 5.81. The van der Waals surface area contributed by atoms with Crippen LogP contribution in [0.2, 0.25) is 0 Å². The molecule has 0 aliphatic carbocycles. The Hall–Kier alpha value is -1.32. The van der Waals surface area contributed by atoms with Crippen molar-refractivity contribution in [3.8, 4) is 0 Å². The summed E-state index contributed by atoms with van der Waals surface area (Å²) in [7, 11) is 0. The normalized spacial score (nSPS) is 18.9. The molecule has 0 spiro atoms. The van der Waals surface area contributed by atoms with Gasteiger partial charge in [0.05, 0.1) is 12.3 Å². The second-order valence-electron chi connectivity index (χ2n) is 4.68. The average Bonchev–Trinajstić information content (AvgIpc) is 3.01. The van der Waals surface area contributed by atoms with Crippen molar-refractivity contribution in [3.05, 3.63) is 36.1 Å². The third-order valence-corrected chi connectivity index (χ3v) is 3.67. The number of benzene rings is 1. The molecular formula is C14H18N2O. The van der Waals surface area contributed by atoms with E-state index in [1.54, 1.807) is 0 Å². The third-order valence-electron chi connectivity index (χ3n) is 3.67. The van der Waals surface area contributed by atoms with E-state index in [4.69, 9.17) is 10.2 Å². The third kappa shape index (κ3) is 1.85. The summed E-state index contributed by atoms with van der Waals surface area (Å²) in [6.07, 6.45) is 4.44. The fraction of sp³-hybridized carbons (Fsp3) is 0.429. The van der Waals surface area contributed by atoms with Crippen molar-refractivity contribution < 1.29 is 4.42 Å². The zero-order valence-electron chi connectivity index (χ0n) is 9.93. The minimum absolute atomic E-state index is 0.307. The lowest BCUT2D eigenvalue weighted by atomic mass is 10.0. The van der Waals surface area contributed by atoms with Gasteiger partial charge in [0.15, 0.2) is 0 Å². The molecule has 90 valence electrons. The average molecular weight is 230 g/mol. The summed E-state index contributed by atoms with van der Waals surface area (Å²) in [5, 5.41) is 1.20. The fourth-order valence-corrected chi connectivity index (χ4v) is 2.78. The minimum atomic E-state index is 0.307. The molecule has 1 aromatic heterocycles. The first kappa shape index (κ1) is 10.8. The van der Waals surface area contributed by atoms with Crippen LogP contribution in [-0.4, -0.2) is 24.5 Å². The Balaban J connectivity index is 2.00. The number of nitrogens with zero attached hydrogens (tertiary/aromatic N) is 1. The van der Waals surface area contributed by atoms with Crippen LogP contribution < -0.4 is 5.73 Å². The summed E-state index contributed by atoms with van der Waals surface area (Å²) in [5.41, 5.74) is 8.15. The van der Waals surface area contributed by atoms with Crippen molar-refractivity contribution in [2.45, 2.75) is 18.9 Å². The number of nitrogens with two attached hydrogens (primary N) is 1. The SMILES string of the molecule is NCC(c1coc2ccccc12)N1CCCC1. The van der Waals surface area contributed by atoms with Crippen LogP contribution in [0.1, 0.15) is 24.4 Å². The highest BCUT2D eigenvalue weighted by Gasteiger charge is 2.24. The van der Waals surface area contributed by atoms with Gasteiger partial charge in [-0.1, -0.05) is 18.2 Å². The molecule has 1 saturated heterocycles. The van der Waals surface area contributed by atoms with E-state index < -0.39 is 0 Å². The predicted octanol–water partition coefficient (Wildman–Crippen LogP) is 2.53. The standard InChI is InChI=1S/C14H18N2O/c15-9-13(16-7-3-4-8-16)12-10-17-14-6-2-1-5-11(12)14/h1-2,5-6,10,13H,3-4,7-9,15H2. The topological polar surface area (TPSA) is 42.4 Å². The molecule has 1 aliphatic rings. The van der Waals surface area contributed by atoms with Crippen LogP contribution >= 0.6 is 0 Å². The summed E-state index contributed by atoms with van der Waals surface area (Å²) in [6.45, 7) is 2.96. The Kier molecular flexibility index (Phi) is 2.87. The van der Waals surface area contributed by atoms with Crippen LogP contribution in [0.25, 0.3) is 11.0 Å². The van der Waals surface area contributed by atoms with Crippen molar-refractivity contribution in [1.29, 1.82) is 0 Å². The molecule has 1 fully saturated rings. The summed E-state index contributed by atoms with van der Waals surface area (Å²) in [4.78, 5) is 2.47. The molecule has 2 aromatic rings. The number of hydrogen-bond donors (Lipinski definition) is 1. The molecule has 2 heterocycles. The Morgan fingerprint density at radius 2 is 2.00 bits per heavy atom. The van der Waals surface area contributed by atoms with E-state index >= 15 is 0 Å². The smallest absolute Gasteiger partial charge is 0.134 e. The molecule has 3 nitrogen and oxygen atoms in total. The van der Waals surface area contributed by atoms with Crippen molar-refractivity contribution >= 4 is 11.0 Å². The van der Waals surface area contributed by atoms with Gasteiger partial charge >= 0.3 is 0 Å². The van der Waals surface area contributed by atoms with Gasteiger partial charge in [-0.2, -0.15) is 0 Å². The molecule has 0 radical (unpaired) electrons. The molecule has 2 N–H and O–H groups in total. The van der Waals surface area contributed by atoms with Crippen molar-refractivity contribution in [1.82, 2.24) is 4.90 Å². The van der Waals surface area contributed by atoms with E-state index in [1.165, 1.54) is 23.8 Å². The van der Waals surface area contributed by atoms with Crippen molar-refractivity contribution in [2.24, 2.45) is 5.73 Å². The molecule has 1 unspecified atom stereocenters. The first-order valence-electron chi connectivity index (χ1n) is 6.30. The second kappa shape index (κ2) is 4.51. The van der Waals surface area contributed by atoms with Gasteiger partial charge in [-0.15, -0.1) is 0 Å². The predicted molar refractivity (Wildman–Crippen MR) is 68.8 cm³/mol. The summed E-state index contributed by atoms with van der Waals surface area (Å²) in [6, 6.07) is 8.49. The van der Waals surface area contributed by atoms with Crippen molar-refractivity contribution in [3.63, 3.8) is 0 Å². The van der Waals surface area contributed by atoms with Crippen LogP contribution in [0, 0.1) is 0 Å². The minimum Gasteiger partial charge on any atom is -0.464 e. The quantitative estimate of drug-likeness (QED) is 0.881. The molecular weight excluding hydrogens is 212 g/mol. The molecule has 1 aromatic carbocycles. The number of furan rings is 1. The maximum atomic E-state index is 5.95. The Morgan fingerprint density at radius 1 is 1.24 bits per heavy atom. The first-order chi connectivity index (χ1) is 8.40. The van der Waals surface area contributed by atoms with Gasteiger partial charge in [-0.25, -0.2) is 0 Å². The Morgan fingerprint density at radius 3 is 2.76 bits per heavy atom. The molecule has 1 aliphatic heterocycles. The highest BCUT2D eigenvalue weighted by atomic mass is 16.3. The zero-order chi connectivity index (χ0) is 11.7.